The van der Waals surface area contributed by atoms with Gasteiger partial charge in [0.1, 0.15) is 0 Å². The number of aryl methyl sites for hydroxylation is 2. The number of nitrogens with zero attached hydrogens (tertiary/aromatic N) is 4. The van der Waals surface area contributed by atoms with Crippen LogP contribution in [0.25, 0.3) is 5.76 Å². The molecule has 7 nitrogen and oxygen atoms in total. The molecule has 0 unspecified atom stereocenters. The number of aromatic amines is 1. The van der Waals surface area contributed by atoms with E-state index in [9.17, 15) is 9.90 Å². The molecule has 0 atom stereocenters. The monoisotopic (exact) mass is 337 g/mol. The van der Waals surface area contributed by atoms with Gasteiger partial charge in [-0.05, 0) is 35.8 Å². The van der Waals surface area contributed by atoms with Crippen molar-refractivity contribution < 1.29 is 9.90 Å². The highest BCUT2D eigenvalue weighted by Gasteiger charge is 2.15. The fraction of sp³-hybridized carbons (Fsp3) is 0.222. The Morgan fingerprint density at radius 1 is 1.28 bits per heavy atom. The summed E-state index contributed by atoms with van der Waals surface area (Å²) in [5, 5.41) is 22.9. The first-order valence-electron chi connectivity index (χ1n) is 8.00. The summed E-state index contributed by atoms with van der Waals surface area (Å²) < 4.78 is 1.89. The minimum absolute atomic E-state index is 0.0132. The molecule has 0 aliphatic carbocycles. The molecule has 0 fully saturated rings. The molecule has 3 aromatic rings. The largest absolute Gasteiger partial charge is 0.504 e. The van der Waals surface area contributed by atoms with Gasteiger partial charge in [-0.15, -0.1) is 10.2 Å². The summed E-state index contributed by atoms with van der Waals surface area (Å²) in [5.74, 6) is -0.644. The Kier molecular flexibility index (Phi) is 4.74. The lowest BCUT2D eigenvalue weighted by molar-refractivity contribution is 0.103. The number of ketones is 1. The minimum atomic E-state index is -0.320. The van der Waals surface area contributed by atoms with Crippen molar-refractivity contribution in [2.75, 3.05) is 0 Å². The van der Waals surface area contributed by atoms with Crippen molar-refractivity contribution >= 4 is 11.5 Å². The summed E-state index contributed by atoms with van der Waals surface area (Å²) in [4.78, 5) is 12.6. The zero-order chi connectivity index (χ0) is 17.8. The van der Waals surface area contributed by atoms with Gasteiger partial charge in [-0.2, -0.15) is 5.21 Å². The van der Waals surface area contributed by atoms with Crippen molar-refractivity contribution in [3.63, 3.8) is 0 Å². The van der Waals surface area contributed by atoms with Crippen LogP contribution in [0.15, 0.2) is 42.6 Å². The molecule has 2 heterocycles. The molecule has 3 rings (SSSR count). The zero-order valence-corrected chi connectivity index (χ0v) is 14.1. The molecule has 0 amide bonds. The molecule has 7 heteroatoms. The van der Waals surface area contributed by atoms with Crippen LogP contribution >= 0.6 is 0 Å². The van der Waals surface area contributed by atoms with E-state index in [4.69, 9.17) is 0 Å². The Morgan fingerprint density at radius 2 is 2.04 bits per heavy atom. The van der Waals surface area contributed by atoms with Crippen LogP contribution in [0.2, 0.25) is 0 Å². The van der Waals surface area contributed by atoms with Gasteiger partial charge in [0.2, 0.25) is 11.6 Å². The van der Waals surface area contributed by atoms with Gasteiger partial charge in [-0.3, -0.25) is 4.79 Å². The van der Waals surface area contributed by atoms with Crippen molar-refractivity contribution in [1.82, 2.24) is 25.2 Å². The van der Waals surface area contributed by atoms with Crippen LogP contribution in [-0.4, -0.2) is 36.1 Å². The molecule has 1 aromatic carbocycles. The molecule has 0 spiro atoms. The first-order valence-corrected chi connectivity index (χ1v) is 8.00. The number of aliphatic hydroxyl groups is 1. The number of H-pyrrole nitrogens is 1. The normalized spacial score (nSPS) is 11.7. The highest BCUT2D eigenvalue weighted by molar-refractivity contribution is 6.06. The average molecular weight is 337 g/mol. The molecule has 0 saturated carbocycles. The lowest BCUT2D eigenvalue weighted by atomic mass is 10.1. The van der Waals surface area contributed by atoms with Crippen molar-refractivity contribution in [3.8, 4) is 0 Å². The van der Waals surface area contributed by atoms with Gasteiger partial charge in [0.25, 0.3) is 0 Å². The van der Waals surface area contributed by atoms with Gasteiger partial charge in [0.05, 0.1) is 5.69 Å². The number of nitrogens with one attached hydrogen (secondary N) is 1. The maximum Gasteiger partial charge on any atom is 0.239 e. The number of aromatic nitrogens is 5. The Hall–Kier alpha value is -3.22. The Balaban J connectivity index is 1.90. The van der Waals surface area contributed by atoms with Crippen LogP contribution in [0.3, 0.4) is 0 Å². The molecule has 0 aliphatic heterocycles. The maximum absolute atomic E-state index is 12.6. The van der Waals surface area contributed by atoms with Crippen LogP contribution in [-0.2, 0) is 13.0 Å². The predicted molar refractivity (Wildman–Crippen MR) is 93.2 cm³/mol. The van der Waals surface area contributed by atoms with Crippen LogP contribution in [0.5, 0.6) is 0 Å². The molecule has 25 heavy (non-hydrogen) atoms. The third kappa shape index (κ3) is 3.82. The molecule has 0 saturated heterocycles. The number of hydrogen-bond acceptors (Lipinski definition) is 5. The molecule has 0 radical (unpaired) electrons. The minimum Gasteiger partial charge on any atom is -0.504 e. The van der Waals surface area contributed by atoms with E-state index in [1.54, 1.807) is 0 Å². The van der Waals surface area contributed by atoms with E-state index < -0.39 is 0 Å². The standard InChI is InChI=1S/C18H19N5O2/c1-3-13-8-15(16(24)9-17(25)18-19-21-22-20-18)23(10-13)11-14-6-4-12(2)5-7-14/h4-10,25H,3,11H2,1-2H3,(H,19,20,21,22). The number of carbonyl (C=O) groups excluding carboxylic acids is 1. The summed E-state index contributed by atoms with van der Waals surface area (Å²) in [5.41, 5.74) is 3.86. The van der Waals surface area contributed by atoms with E-state index in [0.717, 1.165) is 23.6 Å². The van der Waals surface area contributed by atoms with E-state index in [1.165, 1.54) is 5.56 Å². The molecular formula is C18H19N5O2. The molecule has 0 aliphatic rings. The number of rotatable bonds is 6. The Bertz CT molecular complexity index is 892. The fourth-order valence-corrected chi connectivity index (χ4v) is 2.53. The quantitative estimate of drug-likeness (QED) is 0.409. The van der Waals surface area contributed by atoms with Crippen LogP contribution in [0.4, 0.5) is 0 Å². The summed E-state index contributed by atoms with van der Waals surface area (Å²) in [6, 6.07) is 10.0. The molecule has 2 aromatic heterocycles. The van der Waals surface area contributed by atoms with Crippen LogP contribution in [0.1, 0.15) is 39.9 Å². The fourth-order valence-electron chi connectivity index (χ4n) is 2.53. The third-order valence-electron chi connectivity index (χ3n) is 3.93. The maximum atomic E-state index is 12.6. The number of hydrogen-bond donors (Lipinski definition) is 2. The number of tetrazole rings is 1. The first-order chi connectivity index (χ1) is 12.1. The Morgan fingerprint density at radius 3 is 2.68 bits per heavy atom. The van der Waals surface area contributed by atoms with Gasteiger partial charge in [0.15, 0.2) is 5.76 Å². The highest BCUT2D eigenvalue weighted by atomic mass is 16.3. The average Bonchev–Trinajstić information content (AvgIpc) is 3.26. The predicted octanol–water partition coefficient (Wildman–Crippen LogP) is 2.70. The molecule has 0 bridgehead atoms. The van der Waals surface area contributed by atoms with E-state index in [-0.39, 0.29) is 17.4 Å². The van der Waals surface area contributed by atoms with Crippen LogP contribution < -0.4 is 0 Å². The van der Waals surface area contributed by atoms with Gasteiger partial charge >= 0.3 is 0 Å². The summed E-state index contributed by atoms with van der Waals surface area (Å²) >= 11 is 0. The van der Waals surface area contributed by atoms with Gasteiger partial charge in [-0.1, -0.05) is 36.8 Å². The van der Waals surface area contributed by atoms with E-state index in [0.29, 0.717) is 12.2 Å². The Labute approximate surface area is 145 Å². The summed E-state index contributed by atoms with van der Waals surface area (Å²) in [7, 11) is 0. The van der Waals surface area contributed by atoms with E-state index in [1.807, 2.05) is 54.9 Å². The zero-order valence-electron chi connectivity index (χ0n) is 14.1. The number of allylic oxidation sites excluding steroid dienone is 1. The van der Waals surface area contributed by atoms with E-state index >= 15 is 0 Å². The van der Waals surface area contributed by atoms with Gasteiger partial charge in [-0.25, -0.2) is 0 Å². The third-order valence-corrected chi connectivity index (χ3v) is 3.93. The molecular weight excluding hydrogens is 318 g/mol. The van der Waals surface area contributed by atoms with Gasteiger partial charge in [0, 0.05) is 18.8 Å². The van der Waals surface area contributed by atoms with Crippen molar-refractivity contribution in [2.24, 2.45) is 0 Å². The smallest absolute Gasteiger partial charge is 0.239 e. The lowest BCUT2D eigenvalue weighted by Crippen LogP contribution is -2.08. The second-order valence-corrected chi connectivity index (χ2v) is 5.83. The second kappa shape index (κ2) is 7.12. The summed E-state index contributed by atoms with van der Waals surface area (Å²) in [6.45, 7) is 4.65. The summed E-state index contributed by atoms with van der Waals surface area (Å²) in [6.07, 6.45) is 3.90. The van der Waals surface area contributed by atoms with Gasteiger partial charge < -0.3 is 9.67 Å². The number of carbonyl (C=O) groups is 1. The molecule has 128 valence electrons. The molecule has 2 N–H and O–H groups in total. The highest BCUT2D eigenvalue weighted by Crippen LogP contribution is 2.16. The van der Waals surface area contributed by atoms with Crippen LogP contribution in [0, 0.1) is 6.92 Å². The first kappa shape index (κ1) is 16.6. The lowest BCUT2D eigenvalue weighted by Gasteiger charge is -2.08. The topological polar surface area (TPSA) is 96.7 Å². The second-order valence-electron chi connectivity index (χ2n) is 5.83. The van der Waals surface area contributed by atoms with Crippen molar-refractivity contribution in [3.05, 3.63) is 70.8 Å². The number of benzene rings is 1. The number of aliphatic hydroxyl groups excluding tert-OH is 1. The van der Waals surface area contributed by atoms with Crippen molar-refractivity contribution in [2.45, 2.75) is 26.8 Å². The SMILES string of the molecule is CCc1cc(C(=O)C=C(O)c2nn[nH]n2)n(Cc2ccc(C)cc2)c1. The van der Waals surface area contributed by atoms with E-state index in [2.05, 4.69) is 20.6 Å². The van der Waals surface area contributed by atoms with Crippen molar-refractivity contribution in [1.29, 1.82) is 0 Å².